The number of hydrogen-bond donors (Lipinski definition) is 1. The van der Waals surface area contributed by atoms with Gasteiger partial charge in [-0.15, -0.1) is 0 Å². The summed E-state index contributed by atoms with van der Waals surface area (Å²) >= 11 is 0. The smallest absolute Gasteiger partial charge is 0.191 e. The normalized spacial score (nSPS) is 18.4. The molecule has 1 aliphatic heterocycles. The lowest BCUT2D eigenvalue weighted by Gasteiger charge is -2.29. The Morgan fingerprint density at radius 3 is 2.70 bits per heavy atom. The summed E-state index contributed by atoms with van der Waals surface area (Å²) in [5.74, 6) is 2.62. The van der Waals surface area contributed by atoms with E-state index in [0.717, 1.165) is 23.6 Å². The Morgan fingerprint density at radius 2 is 2.10 bits per heavy atom. The van der Waals surface area contributed by atoms with Gasteiger partial charge in [-0.1, -0.05) is 26.0 Å². The highest BCUT2D eigenvalue weighted by Gasteiger charge is 2.30. The van der Waals surface area contributed by atoms with Crippen LogP contribution in [-0.4, -0.2) is 38.2 Å². The number of hydrogen-bond acceptors (Lipinski definition) is 5. The van der Waals surface area contributed by atoms with Crippen LogP contribution in [0.3, 0.4) is 0 Å². The van der Waals surface area contributed by atoms with Crippen LogP contribution >= 0.6 is 0 Å². The Bertz CT molecular complexity index is 500. The van der Waals surface area contributed by atoms with Crippen molar-refractivity contribution < 1.29 is 9.47 Å². The SMILES string of the molecule is COc1cccc(C2CN=C(N)N2CC(C)C)c1OC. The molecule has 0 radical (unpaired) electrons. The number of ether oxygens (including phenoxy) is 2. The fourth-order valence-corrected chi connectivity index (χ4v) is 2.58. The summed E-state index contributed by atoms with van der Waals surface area (Å²) in [5.41, 5.74) is 7.09. The summed E-state index contributed by atoms with van der Waals surface area (Å²) in [7, 11) is 3.31. The topological polar surface area (TPSA) is 60.1 Å². The maximum absolute atomic E-state index is 6.02. The molecule has 0 saturated carbocycles. The number of nitrogens with two attached hydrogens (primary N) is 1. The van der Waals surface area contributed by atoms with Crippen LogP contribution in [0, 0.1) is 5.92 Å². The van der Waals surface area contributed by atoms with Crippen molar-refractivity contribution in [3.63, 3.8) is 0 Å². The lowest BCUT2D eigenvalue weighted by molar-refractivity contribution is 0.294. The van der Waals surface area contributed by atoms with Gasteiger partial charge in [-0.2, -0.15) is 0 Å². The highest BCUT2D eigenvalue weighted by Crippen LogP contribution is 2.38. The Labute approximate surface area is 120 Å². The van der Waals surface area contributed by atoms with Crippen molar-refractivity contribution in [2.24, 2.45) is 16.6 Å². The van der Waals surface area contributed by atoms with Gasteiger partial charge in [0.2, 0.25) is 0 Å². The number of guanidine groups is 1. The van der Waals surface area contributed by atoms with Crippen molar-refractivity contribution in [1.82, 2.24) is 4.90 Å². The summed E-state index contributed by atoms with van der Waals surface area (Å²) in [6.45, 7) is 5.87. The van der Waals surface area contributed by atoms with Gasteiger partial charge in [0.15, 0.2) is 17.5 Å². The van der Waals surface area contributed by atoms with Gasteiger partial charge in [0.05, 0.1) is 26.8 Å². The quantitative estimate of drug-likeness (QED) is 0.894. The molecule has 1 atom stereocenters. The van der Waals surface area contributed by atoms with Crippen molar-refractivity contribution in [2.75, 3.05) is 27.3 Å². The number of aliphatic imine (C=N–C) groups is 1. The third-order valence-corrected chi connectivity index (χ3v) is 3.45. The van der Waals surface area contributed by atoms with E-state index in [4.69, 9.17) is 15.2 Å². The monoisotopic (exact) mass is 277 g/mol. The molecule has 1 heterocycles. The van der Waals surface area contributed by atoms with E-state index in [9.17, 15) is 0 Å². The molecular weight excluding hydrogens is 254 g/mol. The van der Waals surface area contributed by atoms with Crippen LogP contribution in [0.5, 0.6) is 11.5 Å². The lowest BCUT2D eigenvalue weighted by Crippen LogP contribution is -2.38. The molecule has 2 N–H and O–H groups in total. The molecular formula is C15H23N3O2. The molecule has 2 rings (SSSR count). The minimum absolute atomic E-state index is 0.113. The molecule has 1 aromatic carbocycles. The van der Waals surface area contributed by atoms with Crippen molar-refractivity contribution >= 4 is 5.96 Å². The van der Waals surface area contributed by atoms with E-state index >= 15 is 0 Å². The maximum atomic E-state index is 6.02. The molecule has 0 fully saturated rings. The highest BCUT2D eigenvalue weighted by molar-refractivity contribution is 5.80. The first-order valence-corrected chi connectivity index (χ1v) is 6.86. The van der Waals surface area contributed by atoms with Gasteiger partial charge in [-0.3, -0.25) is 4.99 Å². The fraction of sp³-hybridized carbons (Fsp3) is 0.533. The zero-order chi connectivity index (χ0) is 14.7. The van der Waals surface area contributed by atoms with Gasteiger partial charge in [0, 0.05) is 12.1 Å². The molecule has 0 aliphatic carbocycles. The standard InChI is InChI=1S/C15H23N3O2/c1-10(2)9-18-12(8-17-15(18)16)11-6-5-7-13(19-3)14(11)20-4/h5-7,10,12H,8-9H2,1-4H3,(H2,16,17). The van der Waals surface area contributed by atoms with E-state index < -0.39 is 0 Å². The lowest BCUT2D eigenvalue weighted by atomic mass is 10.0. The molecule has 0 amide bonds. The number of methoxy groups -OCH3 is 2. The van der Waals surface area contributed by atoms with Crippen molar-refractivity contribution in [3.05, 3.63) is 23.8 Å². The molecule has 5 heteroatoms. The second kappa shape index (κ2) is 6.03. The van der Waals surface area contributed by atoms with E-state index in [1.54, 1.807) is 14.2 Å². The Kier molecular flexibility index (Phi) is 4.37. The van der Waals surface area contributed by atoms with Crippen LogP contribution < -0.4 is 15.2 Å². The first kappa shape index (κ1) is 14.5. The molecule has 0 aromatic heterocycles. The summed E-state index contributed by atoms with van der Waals surface area (Å²) in [5, 5.41) is 0. The van der Waals surface area contributed by atoms with Gasteiger partial charge in [-0.05, 0) is 12.0 Å². The predicted octanol–water partition coefficient (Wildman–Crippen LogP) is 2.03. The zero-order valence-corrected chi connectivity index (χ0v) is 12.6. The van der Waals surface area contributed by atoms with Gasteiger partial charge in [0.1, 0.15) is 0 Å². The summed E-state index contributed by atoms with van der Waals surface area (Å²) in [4.78, 5) is 6.52. The second-order valence-electron chi connectivity index (χ2n) is 5.34. The van der Waals surface area contributed by atoms with E-state index in [-0.39, 0.29) is 6.04 Å². The second-order valence-corrected chi connectivity index (χ2v) is 5.34. The molecule has 1 aromatic rings. The third-order valence-electron chi connectivity index (χ3n) is 3.45. The van der Waals surface area contributed by atoms with Crippen LogP contribution in [0.15, 0.2) is 23.2 Å². The van der Waals surface area contributed by atoms with Crippen LogP contribution in [0.1, 0.15) is 25.5 Å². The molecule has 5 nitrogen and oxygen atoms in total. The first-order valence-electron chi connectivity index (χ1n) is 6.86. The van der Waals surface area contributed by atoms with Crippen molar-refractivity contribution in [1.29, 1.82) is 0 Å². The summed E-state index contributed by atoms with van der Waals surface area (Å²) in [6.07, 6.45) is 0. The Balaban J connectivity index is 2.36. The molecule has 20 heavy (non-hydrogen) atoms. The minimum Gasteiger partial charge on any atom is -0.493 e. The predicted molar refractivity (Wildman–Crippen MR) is 80.3 cm³/mol. The molecule has 0 bridgehead atoms. The summed E-state index contributed by atoms with van der Waals surface area (Å²) < 4.78 is 10.9. The van der Waals surface area contributed by atoms with E-state index in [0.29, 0.717) is 18.4 Å². The van der Waals surface area contributed by atoms with E-state index in [1.165, 1.54) is 0 Å². The molecule has 110 valence electrons. The number of para-hydroxylation sites is 1. The largest absolute Gasteiger partial charge is 0.493 e. The molecule has 0 spiro atoms. The van der Waals surface area contributed by atoms with Gasteiger partial charge in [0.25, 0.3) is 0 Å². The van der Waals surface area contributed by atoms with E-state index in [2.05, 4.69) is 23.7 Å². The Hall–Kier alpha value is -1.91. The zero-order valence-electron chi connectivity index (χ0n) is 12.6. The van der Waals surface area contributed by atoms with E-state index in [1.807, 2.05) is 18.2 Å². The molecule has 0 saturated heterocycles. The molecule has 1 aliphatic rings. The fourth-order valence-electron chi connectivity index (χ4n) is 2.58. The Morgan fingerprint density at radius 1 is 1.35 bits per heavy atom. The first-order chi connectivity index (χ1) is 9.58. The number of nitrogens with zero attached hydrogens (tertiary/aromatic N) is 2. The van der Waals surface area contributed by atoms with Crippen LogP contribution in [0.2, 0.25) is 0 Å². The average Bonchev–Trinajstić information content (AvgIpc) is 2.78. The maximum Gasteiger partial charge on any atom is 0.191 e. The van der Waals surface area contributed by atoms with Crippen LogP contribution in [-0.2, 0) is 0 Å². The summed E-state index contributed by atoms with van der Waals surface area (Å²) in [6, 6.07) is 6.03. The number of benzene rings is 1. The van der Waals surface area contributed by atoms with Gasteiger partial charge >= 0.3 is 0 Å². The average molecular weight is 277 g/mol. The minimum atomic E-state index is 0.113. The number of rotatable bonds is 5. The van der Waals surface area contributed by atoms with Gasteiger partial charge < -0.3 is 20.1 Å². The van der Waals surface area contributed by atoms with Crippen LogP contribution in [0.25, 0.3) is 0 Å². The third kappa shape index (κ3) is 2.66. The van der Waals surface area contributed by atoms with Crippen molar-refractivity contribution in [3.8, 4) is 11.5 Å². The van der Waals surface area contributed by atoms with Crippen molar-refractivity contribution in [2.45, 2.75) is 19.9 Å². The highest BCUT2D eigenvalue weighted by atomic mass is 16.5. The molecule has 1 unspecified atom stereocenters. The van der Waals surface area contributed by atoms with Gasteiger partial charge in [-0.25, -0.2) is 0 Å². The van der Waals surface area contributed by atoms with Crippen LogP contribution in [0.4, 0.5) is 0 Å².